The lowest BCUT2D eigenvalue weighted by Crippen LogP contribution is -2.59. The number of rotatable bonds is 2. The molecule has 0 aromatic rings. The summed E-state index contributed by atoms with van der Waals surface area (Å²) in [5, 5.41) is 11.7. The molecule has 1 aliphatic rings. The zero-order valence-electron chi connectivity index (χ0n) is 11.2. The number of hydrogen-bond acceptors (Lipinski definition) is 2. The third-order valence-electron chi connectivity index (χ3n) is 3.53. The predicted molar refractivity (Wildman–Crippen MR) is 64.0 cm³/mol. The number of piperidine rings is 1. The van der Waals surface area contributed by atoms with Gasteiger partial charge in [-0.05, 0) is 58.8 Å². The first kappa shape index (κ1) is 13.0. The smallest absolute Gasteiger partial charge is 0.0413 e. The van der Waals surface area contributed by atoms with Gasteiger partial charge in [0.15, 0.2) is 0 Å². The average molecular weight is 213 g/mol. The number of nitrogens with zero attached hydrogens (tertiary/aromatic N) is 1. The lowest BCUT2D eigenvalue weighted by molar-refractivity contribution is -0.251. The van der Waals surface area contributed by atoms with Crippen molar-refractivity contribution in [3.8, 4) is 0 Å². The van der Waals surface area contributed by atoms with Gasteiger partial charge in [0, 0.05) is 11.1 Å². The molecule has 2 nitrogen and oxygen atoms in total. The zero-order valence-corrected chi connectivity index (χ0v) is 11.2. The van der Waals surface area contributed by atoms with Crippen LogP contribution in [-0.2, 0) is 0 Å². The van der Waals surface area contributed by atoms with Gasteiger partial charge in [0.1, 0.15) is 0 Å². The van der Waals surface area contributed by atoms with E-state index in [2.05, 4.69) is 41.5 Å². The molecule has 0 aromatic heterocycles. The summed E-state index contributed by atoms with van der Waals surface area (Å²) >= 11 is 0. The minimum Gasteiger partial charge on any atom is -0.313 e. The molecular weight excluding hydrogens is 186 g/mol. The van der Waals surface area contributed by atoms with Crippen LogP contribution in [0.1, 0.15) is 60.8 Å². The lowest BCUT2D eigenvalue weighted by atomic mass is 9.73. The van der Waals surface area contributed by atoms with Crippen LogP contribution in [-0.4, -0.2) is 21.3 Å². The fourth-order valence-corrected chi connectivity index (χ4v) is 3.31. The summed E-state index contributed by atoms with van der Waals surface area (Å²) in [5.41, 5.74) is -0.164. The Morgan fingerprint density at radius 1 is 1.13 bits per heavy atom. The molecule has 0 radical (unpaired) electrons. The van der Waals surface area contributed by atoms with Gasteiger partial charge in [-0.15, -0.1) is 0 Å². The van der Waals surface area contributed by atoms with Crippen LogP contribution in [0.3, 0.4) is 0 Å². The van der Waals surface area contributed by atoms with Gasteiger partial charge in [-0.3, -0.25) is 0 Å². The minimum atomic E-state index is -0.0820. The second kappa shape index (κ2) is 4.06. The molecule has 15 heavy (non-hydrogen) atoms. The van der Waals surface area contributed by atoms with Gasteiger partial charge in [0.25, 0.3) is 0 Å². The van der Waals surface area contributed by atoms with Crippen molar-refractivity contribution in [2.45, 2.75) is 71.9 Å². The van der Waals surface area contributed by atoms with E-state index in [1.54, 1.807) is 5.06 Å². The Morgan fingerprint density at radius 2 is 1.53 bits per heavy atom. The molecule has 90 valence electrons. The highest BCUT2D eigenvalue weighted by atomic mass is 16.5. The van der Waals surface area contributed by atoms with E-state index in [0.717, 1.165) is 24.7 Å². The summed E-state index contributed by atoms with van der Waals surface area (Å²) in [6, 6.07) is 0. The summed E-state index contributed by atoms with van der Waals surface area (Å²) in [6.07, 6.45) is 3.48. The van der Waals surface area contributed by atoms with Gasteiger partial charge in [0.05, 0.1) is 0 Å². The van der Waals surface area contributed by atoms with Gasteiger partial charge in [-0.2, -0.15) is 5.06 Å². The highest BCUT2D eigenvalue weighted by molar-refractivity contribution is 4.95. The molecule has 0 amide bonds. The Bertz CT molecular complexity index is 203. The Balaban J connectivity index is 2.75. The monoisotopic (exact) mass is 213 g/mol. The van der Waals surface area contributed by atoms with Crippen molar-refractivity contribution in [3.63, 3.8) is 0 Å². The van der Waals surface area contributed by atoms with E-state index >= 15 is 0 Å². The lowest BCUT2D eigenvalue weighted by Gasteiger charge is -2.52. The Labute approximate surface area is 94.6 Å². The molecule has 0 saturated carbocycles. The van der Waals surface area contributed by atoms with Gasteiger partial charge >= 0.3 is 0 Å². The Hall–Kier alpha value is -0.0800. The molecule has 1 saturated heterocycles. The third kappa shape index (κ3) is 2.94. The predicted octanol–water partition coefficient (Wildman–Crippen LogP) is 3.69. The van der Waals surface area contributed by atoms with Crippen molar-refractivity contribution in [3.05, 3.63) is 0 Å². The normalized spacial score (nSPS) is 27.2. The standard InChI is InChI=1S/C13H27NO/c1-10(2)7-11-8-12(3,4)14(15)13(5,6)9-11/h10-11,15H,7-9H2,1-6H3. The molecule has 1 N–H and O–H groups in total. The van der Waals surface area contributed by atoms with Crippen LogP contribution in [0.5, 0.6) is 0 Å². The first-order valence-electron chi connectivity index (χ1n) is 6.14. The molecule has 0 bridgehead atoms. The van der Waals surface area contributed by atoms with E-state index in [0.29, 0.717) is 0 Å². The van der Waals surface area contributed by atoms with E-state index in [1.807, 2.05) is 0 Å². The number of hydrogen-bond donors (Lipinski definition) is 1. The Morgan fingerprint density at radius 3 is 1.87 bits per heavy atom. The second-order valence-corrected chi connectivity index (χ2v) is 6.84. The molecule has 1 rings (SSSR count). The molecule has 1 heterocycles. The highest BCUT2D eigenvalue weighted by Crippen LogP contribution is 2.41. The highest BCUT2D eigenvalue weighted by Gasteiger charge is 2.44. The molecule has 0 unspecified atom stereocenters. The molecule has 0 atom stereocenters. The summed E-state index contributed by atoms with van der Waals surface area (Å²) in [4.78, 5) is 0. The first-order valence-corrected chi connectivity index (χ1v) is 6.14. The van der Waals surface area contributed by atoms with E-state index < -0.39 is 0 Å². The average Bonchev–Trinajstić information content (AvgIpc) is 1.97. The topological polar surface area (TPSA) is 23.5 Å². The van der Waals surface area contributed by atoms with Crippen molar-refractivity contribution in [2.75, 3.05) is 0 Å². The summed E-state index contributed by atoms with van der Waals surface area (Å²) in [6.45, 7) is 13.1. The van der Waals surface area contributed by atoms with Crippen LogP contribution in [0, 0.1) is 11.8 Å². The van der Waals surface area contributed by atoms with Crippen LogP contribution in [0.25, 0.3) is 0 Å². The molecular formula is C13H27NO. The maximum Gasteiger partial charge on any atom is 0.0413 e. The molecule has 1 fully saturated rings. The van der Waals surface area contributed by atoms with Crippen LogP contribution in [0.2, 0.25) is 0 Å². The minimum absolute atomic E-state index is 0.0820. The van der Waals surface area contributed by atoms with Gasteiger partial charge < -0.3 is 5.21 Å². The van der Waals surface area contributed by atoms with Crippen LogP contribution < -0.4 is 0 Å². The van der Waals surface area contributed by atoms with E-state index in [-0.39, 0.29) is 11.1 Å². The van der Waals surface area contributed by atoms with Crippen LogP contribution in [0.15, 0.2) is 0 Å². The second-order valence-electron chi connectivity index (χ2n) is 6.84. The van der Waals surface area contributed by atoms with E-state index in [1.165, 1.54) is 6.42 Å². The van der Waals surface area contributed by atoms with Crippen LogP contribution >= 0.6 is 0 Å². The summed E-state index contributed by atoms with van der Waals surface area (Å²) in [5.74, 6) is 1.50. The van der Waals surface area contributed by atoms with E-state index in [9.17, 15) is 5.21 Å². The van der Waals surface area contributed by atoms with Gasteiger partial charge in [-0.1, -0.05) is 13.8 Å². The van der Waals surface area contributed by atoms with Crippen molar-refractivity contribution in [1.82, 2.24) is 5.06 Å². The van der Waals surface area contributed by atoms with Gasteiger partial charge in [0.2, 0.25) is 0 Å². The molecule has 2 heteroatoms. The van der Waals surface area contributed by atoms with Crippen molar-refractivity contribution in [1.29, 1.82) is 0 Å². The number of hydroxylamine groups is 2. The first-order chi connectivity index (χ1) is 6.65. The largest absolute Gasteiger partial charge is 0.313 e. The van der Waals surface area contributed by atoms with E-state index in [4.69, 9.17) is 0 Å². The third-order valence-corrected chi connectivity index (χ3v) is 3.53. The fourth-order valence-electron chi connectivity index (χ4n) is 3.31. The summed E-state index contributed by atoms with van der Waals surface area (Å²) in [7, 11) is 0. The summed E-state index contributed by atoms with van der Waals surface area (Å²) < 4.78 is 0. The SMILES string of the molecule is CC(C)CC1CC(C)(C)N(O)C(C)(C)C1. The Kier molecular flexibility index (Phi) is 3.52. The molecule has 0 aromatic carbocycles. The van der Waals surface area contributed by atoms with Crippen molar-refractivity contribution < 1.29 is 5.21 Å². The van der Waals surface area contributed by atoms with Gasteiger partial charge in [-0.25, -0.2) is 0 Å². The quantitative estimate of drug-likeness (QED) is 0.756. The maximum absolute atomic E-state index is 10.1. The zero-order chi connectivity index (χ0) is 11.9. The van der Waals surface area contributed by atoms with Crippen molar-refractivity contribution in [2.24, 2.45) is 11.8 Å². The van der Waals surface area contributed by atoms with Crippen molar-refractivity contribution >= 4 is 0 Å². The fraction of sp³-hybridized carbons (Fsp3) is 1.00. The molecule has 0 spiro atoms. The molecule has 0 aliphatic carbocycles. The molecule has 1 aliphatic heterocycles. The maximum atomic E-state index is 10.1. The van der Waals surface area contributed by atoms with Crippen LogP contribution in [0.4, 0.5) is 0 Å².